The molecule has 6 nitrogen and oxygen atoms in total. The highest BCUT2D eigenvalue weighted by Crippen LogP contribution is 2.20. The number of carbonyl (C=O) groups is 2. The number of nitrogens with zero attached hydrogens (tertiary/aromatic N) is 2. The monoisotopic (exact) mass is 354 g/mol. The van der Waals surface area contributed by atoms with E-state index in [9.17, 15) is 9.59 Å². The minimum absolute atomic E-state index is 0.117. The van der Waals surface area contributed by atoms with Crippen molar-refractivity contribution in [2.24, 2.45) is 0 Å². The summed E-state index contributed by atoms with van der Waals surface area (Å²) in [5.41, 5.74) is 0.233. The largest absolute Gasteiger partial charge is 0.350 e. The molecule has 1 aromatic heterocycles. The van der Waals surface area contributed by atoms with Crippen molar-refractivity contribution in [3.63, 3.8) is 0 Å². The number of halogens is 2. The van der Waals surface area contributed by atoms with E-state index in [1.807, 2.05) is 19.2 Å². The Balaban J connectivity index is 1.81. The topological polar surface area (TPSA) is 76.0 Å². The lowest BCUT2D eigenvalue weighted by Crippen LogP contribution is -2.42. The number of rotatable bonds is 6. The molecule has 2 amide bonds. The third-order valence-electron chi connectivity index (χ3n) is 3.01. The van der Waals surface area contributed by atoms with E-state index >= 15 is 0 Å². The fraction of sp³-hybridized carbons (Fsp3) is 0.267. The third-order valence-corrected chi connectivity index (χ3v) is 3.57. The van der Waals surface area contributed by atoms with Gasteiger partial charge in [-0.25, -0.2) is 0 Å². The maximum atomic E-state index is 12.0. The summed E-state index contributed by atoms with van der Waals surface area (Å²) in [6.07, 6.45) is 3.48. The van der Waals surface area contributed by atoms with Gasteiger partial charge in [-0.3, -0.25) is 14.3 Å². The lowest BCUT2D eigenvalue weighted by atomic mass is 10.2. The van der Waals surface area contributed by atoms with Gasteiger partial charge in [0.15, 0.2) is 0 Å². The second-order valence-corrected chi connectivity index (χ2v) is 5.85. The smallest absolute Gasteiger partial charge is 0.253 e. The van der Waals surface area contributed by atoms with Gasteiger partial charge in [0, 0.05) is 23.5 Å². The molecule has 2 rings (SSSR count). The van der Waals surface area contributed by atoms with Gasteiger partial charge < -0.3 is 10.6 Å². The molecule has 1 heterocycles. The number of aromatic nitrogens is 2. The van der Waals surface area contributed by atoms with E-state index in [-0.39, 0.29) is 29.1 Å². The van der Waals surface area contributed by atoms with Crippen molar-refractivity contribution < 1.29 is 9.59 Å². The van der Waals surface area contributed by atoms with E-state index in [1.54, 1.807) is 16.9 Å². The summed E-state index contributed by atoms with van der Waals surface area (Å²) in [6.45, 7) is 2.26. The lowest BCUT2D eigenvalue weighted by molar-refractivity contribution is -0.120. The normalized spacial score (nSPS) is 11.8. The Morgan fingerprint density at radius 3 is 2.83 bits per heavy atom. The predicted molar refractivity (Wildman–Crippen MR) is 88.6 cm³/mol. The Morgan fingerprint density at radius 1 is 1.35 bits per heavy atom. The Hall–Kier alpha value is -2.05. The highest BCUT2D eigenvalue weighted by Gasteiger charge is 2.13. The first-order chi connectivity index (χ1) is 11.0. The summed E-state index contributed by atoms with van der Waals surface area (Å²) < 4.78 is 1.72. The van der Waals surface area contributed by atoms with Crippen molar-refractivity contribution >= 4 is 35.0 Å². The molecular weight excluding hydrogens is 339 g/mol. The van der Waals surface area contributed by atoms with Crippen LogP contribution in [-0.2, 0) is 11.3 Å². The van der Waals surface area contributed by atoms with Crippen molar-refractivity contribution in [1.29, 1.82) is 0 Å². The molecule has 1 aromatic carbocycles. The van der Waals surface area contributed by atoms with E-state index in [0.29, 0.717) is 11.6 Å². The zero-order valence-corrected chi connectivity index (χ0v) is 13.9. The number of amides is 2. The molecule has 0 spiro atoms. The summed E-state index contributed by atoms with van der Waals surface area (Å²) in [7, 11) is 0. The minimum Gasteiger partial charge on any atom is -0.350 e. The molecular formula is C15H16Cl2N4O2. The van der Waals surface area contributed by atoms with Crippen LogP contribution in [0.4, 0.5) is 0 Å². The van der Waals surface area contributed by atoms with Gasteiger partial charge in [-0.1, -0.05) is 23.2 Å². The fourth-order valence-corrected chi connectivity index (χ4v) is 2.36. The van der Waals surface area contributed by atoms with Crippen molar-refractivity contribution in [2.45, 2.75) is 19.5 Å². The SMILES string of the molecule is C[C@H](Cn1cccn1)NC(=O)CNC(=O)c1cc(Cl)ccc1Cl. The van der Waals surface area contributed by atoms with Crippen LogP contribution in [0.5, 0.6) is 0 Å². The van der Waals surface area contributed by atoms with Crippen molar-refractivity contribution in [3.05, 3.63) is 52.3 Å². The molecule has 0 fully saturated rings. The third kappa shape index (κ3) is 5.26. The molecule has 0 unspecified atom stereocenters. The molecule has 0 aliphatic carbocycles. The van der Waals surface area contributed by atoms with Gasteiger partial charge in [-0.05, 0) is 31.2 Å². The van der Waals surface area contributed by atoms with Crippen LogP contribution in [-0.4, -0.2) is 34.2 Å². The van der Waals surface area contributed by atoms with Crippen LogP contribution in [0.25, 0.3) is 0 Å². The maximum Gasteiger partial charge on any atom is 0.253 e. The standard InChI is InChI=1S/C15H16Cl2N4O2/c1-10(9-21-6-2-5-19-21)20-14(22)8-18-15(23)12-7-11(16)3-4-13(12)17/h2-7,10H,8-9H2,1H3,(H,18,23)(H,20,22)/t10-/m1/s1. The number of hydrogen-bond donors (Lipinski definition) is 2. The van der Waals surface area contributed by atoms with Crippen molar-refractivity contribution in [3.8, 4) is 0 Å². The van der Waals surface area contributed by atoms with Crippen LogP contribution < -0.4 is 10.6 Å². The van der Waals surface area contributed by atoms with Gasteiger partial charge in [-0.15, -0.1) is 0 Å². The summed E-state index contributed by atoms with van der Waals surface area (Å²) in [5, 5.41) is 10.0. The maximum absolute atomic E-state index is 12.0. The molecule has 0 aliphatic rings. The number of hydrogen-bond acceptors (Lipinski definition) is 3. The Labute approximate surface area is 143 Å². The van der Waals surface area contributed by atoms with Crippen LogP contribution in [0.15, 0.2) is 36.7 Å². The summed E-state index contributed by atoms with van der Waals surface area (Å²) in [5.74, 6) is -0.747. The van der Waals surface area contributed by atoms with Gasteiger partial charge in [0.25, 0.3) is 5.91 Å². The molecule has 0 saturated heterocycles. The van der Waals surface area contributed by atoms with Gasteiger partial charge in [0.05, 0.1) is 23.7 Å². The zero-order valence-electron chi connectivity index (χ0n) is 12.4. The minimum atomic E-state index is -0.452. The molecule has 0 radical (unpaired) electrons. The van der Waals surface area contributed by atoms with Gasteiger partial charge in [0.2, 0.25) is 5.91 Å². The van der Waals surface area contributed by atoms with E-state index in [4.69, 9.17) is 23.2 Å². The molecule has 122 valence electrons. The van der Waals surface area contributed by atoms with E-state index in [2.05, 4.69) is 15.7 Å². The summed E-state index contributed by atoms with van der Waals surface area (Å²) >= 11 is 11.8. The van der Waals surface area contributed by atoms with Crippen molar-refractivity contribution in [1.82, 2.24) is 20.4 Å². The molecule has 23 heavy (non-hydrogen) atoms. The van der Waals surface area contributed by atoms with Crippen LogP contribution in [0.1, 0.15) is 17.3 Å². The van der Waals surface area contributed by atoms with E-state index in [0.717, 1.165) is 0 Å². The van der Waals surface area contributed by atoms with Gasteiger partial charge >= 0.3 is 0 Å². The van der Waals surface area contributed by atoms with Crippen molar-refractivity contribution in [2.75, 3.05) is 6.54 Å². The predicted octanol–water partition coefficient (Wildman–Crippen LogP) is 2.12. The molecule has 8 heteroatoms. The highest BCUT2D eigenvalue weighted by molar-refractivity contribution is 6.35. The molecule has 1 atom stereocenters. The van der Waals surface area contributed by atoms with Gasteiger partial charge in [-0.2, -0.15) is 5.10 Å². The van der Waals surface area contributed by atoms with Gasteiger partial charge in [0.1, 0.15) is 0 Å². The number of carbonyl (C=O) groups excluding carboxylic acids is 2. The summed E-state index contributed by atoms with van der Waals surface area (Å²) in [6, 6.07) is 6.27. The molecule has 2 aromatic rings. The number of benzene rings is 1. The lowest BCUT2D eigenvalue weighted by Gasteiger charge is -2.14. The first kappa shape index (κ1) is 17.3. The Kier molecular flexibility index (Phi) is 6.01. The second kappa shape index (κ2) is 7.99. The number of nitrogens with one attached hydrogen (secondary N) is 2. The highest BCUT2D eigenvalue weighted by atomic mass is 35.5. The quantitative estimate of drug-likeness (QED) is 0.834. The van der Waals surface area contributed by atoms with E-state index in [1.165, 1.54) is 12.1 Å². The van der Waals surface area contributed by atoms with Crippen LogP contribution in [0.2, 0.25) is 10.0 Å². The van der Waals surface area contributed by atoms with Crippen LogP contribution in [0.3, 0.4) is 0 Å². The average Bonchev–Trinajstić information content (AvgIpc) is 3.00. The van der Waals surface area contributed by atoms with Crippen LogP contribution in [0, 0.1) is 0 Å². The van der Waals surface area contributed by atoms with Crippen LogP contribution >= 0.6 is 23.2 Å². The molecule has 0 aliphatic heterocycles. The van der Waals surface area contributed by atoms with E-state index < -0.39 is 5.91 Å². The first-order valence-electron chi connectivity index (χ1n) is 6.95. The Morgan fingerprint density at radius 2 is 2.13 bits per heavy atom. The average molecular weight is 355 g/mol. The molecule has 0 bridgehead atoms. The zero-order chi connectivity index (χ0) is 16.8. The molecule has 0 saturated carbocycles. The fourth-order valence-electron chi connectivity index (χ4n) is 1.99. The Bertz CT molecular complexity index is 689. The second-order valence-electron chi connectivity index (χ2n) is 5.00. The molecule has 2 N–H and O–H groups in total. The first-order valence-corrected chi connectivity index (χ1v) is 7.71. The summed E-state index contributed by atoms with van der Waals surface area (Å²) in [4.78, 5) is 23.9.